The van der Waals surface area contributed by atoms with Crippen LogP contribution in [0.1, 0.15) is 28.5 Å². The van der Waals surface area contributed by atoms with E-state index >= 15 is 0 Å². The lowest BCUT2D eigenvalue weighted by atomic mass is 10.1. The van der Waals surface area contributed by atoms with Crippen LogP contribution in [0.4, 0.5) is 5.69 Å². The van der Waals surface area contributed by atoms with E-state index < -0.39 is 5.97 Å². The first kappa shape index (κ1) is 13.5. The number of aromatic carboxylic acids is 1. The van der Waals surface area contributed by atoms with Crippen molar-refractivity contribution >= 4 is 33.9 Å². The largest absolute Gasteiger partial charge is 0.477 e. The van der Waals surface area contributed by atoms with Crippen molar-refractivity contribution in [2.45, 2.75) is 13.0 Å². The third-order valence-electron chi connectivity index (χ3n) is 3.13. The molecule has 1 aromatic carbocycles. The Balaban J connectivity index is 2.05. The highest BCUT2D eigenvalue weighted by molar-refractivity contribution is 7.09. The van der Waals surface area contributed by atoms with E-state index in [-0.39, 0.29) is 11.7 Å². The van der Waals surface area contributed by atoms with Gasteiger partial charge in [0, 0.05) is 22.7 Å². The number of benzene rings is 1. The van der Waals surface area contributed by atoms with Gasteiger partial charge in [0.05, 0.1) is 11.6 Å². The zero-order valence-electron chi connectivity index (χ0n) is 11.3. The standard InChI is InChI=1S/C15H13N3O2S/c1-9(14-16-6-7-21-14)17-12-8-13(15(19)20)18-11-5-3-2-4-10(11)12/h2-9H,1H3,(H,17,18)(H,19,20). The minimum atomic E-state index is -1.04. The highest BCUT2D eigenvalue weighted by Crippen LogP contribution is 2.27. The molecule has 3 aromatic rings. The van der Waals surface area contributed by atoms with E-state index in [1.54, 1.807) is 29.7 Å². The maximum Gasteiger partial charge on any atom is 0.354 e. The van der Waals surface area contributed by atoms with Crippen molar-refractivity contribution in [2.24, 2.45) is 0 Å². The summed E-state index contributed by atoms with van der Waals surface area (Å²) < 4.78 is 0. The molecule has 3 rings (SSSR count). The van der Waals surface area contributed by atoms with Gasteiger partial charge >= 0.3 is 5.97 Å². The van der Waals surface area contributed by atoms with E-state index in [4.69, 9.17) is 0 Å². The molecule has 2 aromatic heterocycles. The SMILES string of the molecule is CC(Nc1cc(C(=O)O)nc2ccccc12)c1nccs1. The topological polar surface area (TPSA) is 75.1 Å². The molecule has 5 nitrogen and oxygen atoms in total. The van der Waals surface area contributed by atoms with Gasteiger partial charge in [-0.2, -0.15) is 0 Å². The lowest BCUT2D eigenvalue weighted by molar-refractivity contribution is 0.0691. The number of aromatic nitrogens is 2. The summed E-state index contributed by atoms with van der Waals surface area (Å²) in [4.78, 5) is 19.6. The minimum absolute atomic E-state index is 0.00236. The molecule has 21 heavy (non-hydrogen) atoms. The predicted molar refractivity (Wildman–Crippen MR) is 82.9 cm³/mol. The fraction of sp³-hybridized carbons (Fsp3) is 0.133. The summed E-state index contributed by atoms with van der Waals surface area (Å²) in [5.74, 6) is -1.04. The average molecular weight is 299 g/mol. The van der Waals surface area contributed by atoms with Crippen LogP contribution in [0.25, 0.3) is 10.9 Å². The number of carboxylic acids is 1. The number of carbonyl (C=O) groups is 1. The van der Waals surface area contributed by atoms with Crippen LogP contribution in [-0.2, 0) is 0 Å². The van der Waals surface area contributed by atoms with Crippen LogP contribution in [0.2, 0.25) is 0 Å². The van der Waals surface area contributed by atoms with Gasteiger partial charge in [-0.25, -0.2) is 14.8 Å². The van der Waals surface area contributed by atoms with Crippen molar-refractivity contribution in [3.8, 4) is 0 Å². The van der Waals surface area contributed by atoms with Crippen molar-refractivity contribution in [3.05, 3.63) is 52.6 Å². The highest BCUT2D eigenvalue weighted by atomic mass is 32.1. The van der Waals surface area contributed by atoms with Crippen molar-refractivity contribution in [1.29, 1.82) is 0 Å². The first-order valence-electron chi connectivity index (χ1n) is 6.44. The van der Waals surface area contributed by atoms with Gasteiger partial charge in [-0.15, -0.1) is 11.3 Å². The van der Waals surface area contributed by atoms with Crippen LogP contribution in [0.3, 0.4) is 0 Å². The van der Waals surface area contributed by atoms with Gasteiger partial charge < -0.3 is 10.4 Å². The second-order valence-corrected chi connectivity index (χ2v) is 5.54. The molecule has 0 aliphatic carbocycles. The van der Waals surface area contributed by atoms with E-state index in [2.05, 4.69) is 15.3 Å². The van der Waals surface area contributed by atoms with Crippen LogP contribution in [0.5, 0.6) is 0 Å². The zero-order valence-corrected chi connectivity index (χ0v) is 12.1. The lowest BCUT2D eigenvalue weighted by Crippen LogP contribution is -2.09. The molecule has 0 bridgehead atoms. The van der Waals surface area contributed by atoms with Gasteiger partial charge in [-0.1, -0.05) is 18.2 Å². The lowest BCUT2D eigenvalue weighted by Gasteiger charge is -2.15. The second-order valence-electron chi connectivity index (χ2n) is 4.61. The molecule has 0 amide bonds. The van der Waals surface area contributed by atoms with Crippen LogP contribution in [0, 0.1) is 0 Å². The molecule has 106 valence electrons. The Bertz CT molecular complexity index is 787. The van der Waals surface area contributed by atoms with Gasteiger partial charge in [0.25, 0.3) is 0 Å². The number of fused-ring (bicyclic) bond motifs is 1. The minimum Gasteiger partial charge on any atom is -0.477 e. The molecule has 2 heterocycles. The molecule has 0 saturated carbocycles. The Morgan fingerprint density at radius 1 is 1.38 bits per heavy atom. The summed E-state index contributed by atoms with van der Waals surface area (Å²) in [5.41, 5.74) is 1.44. The number of thiazole rings is 1. The van der Waals surface area contributed by atoms with E-state index in [1.807, 2.05) is 30.5 Å². The fourth-order valence-corrected chi connectivity index (χ4v) is 2.79. The number of rotatable bonds is 4. The molecular formula is C15H13N3O2S. The quantitative estimate of drug-likeness (QED) is 0.770. The number of nitrogens with zero attached hydrogens (tertiary/aromatic N) is 2. The molecule has 2 N–H and O–H groups in total. The molecule has 0 radical (unpaired) electrons. The second kappa shape index (κ2) is 5.49. The molecule has 1 unspecified atom stereocenters. The number of nitrogens with one attached hydrogen (secondary N) is 1. The number of hydrogen-bond donors (Lipinski definition) is 2. The predicted octanol–water partition coefficient (Wildman–Crippen LogP) is 3.56. The molecule has 6 heteroatoms. The molecule has 0 spiro atoms. The smallest absolute Gasteiger partial charge is 0.354 e. The van der Waals surface area contributed by atoms with E-state index in [0.29, 0.717) is 5.52 Å². The summed E-state index contributed by atoms with van der Waals surface area (Å²) in [6.45, 7) is 1.99. The average Bonchev–Trinajstić information content (AvgIpc) is 3.01. The monoisotopic (exact) mass is 299 g/mol. The van der Waals surface area contributed by atoms with Gasteiger partial charge in [0.15, 0.2) is 5.69 Å². The summed E-state index contributed by atoms with van der Waals surface area (Å²) in [6, 6.07) is 9.04. The highest BCUT2D eigenvalue weighted by Gasteiger charge is 2.14. The summed E-state index contributed by atoms with van der Waals surface area (Å²) in [6.07, 6.45) is 1.76. The van der Waals surface area contributed by atoms with E-state index in [9.17, 15) is 9.90 Å². The van der Waals surface area contributed by atoms with Crippen molar-refractivity contribution < 1.29 is 9.90 Å². The zero-order chi connectivity index (χ0) is 14.8. The van der Waals surface area contributed by atoms with Gasteiger partial charge in [-0.3, -0.25) is 0 Å². The number of anilines is 1. The molecule has 0 aliphatic rings. The van der Waals surface area contributed by atoms with Gasteiger partial charge in [0.1, 0.15) is 5.01 Å². The van der Waals surface area contributed by atoms with Crippen LogP contribution < -0.4 is 5.32 Å². The summed E-state index contributed by atoms with van der Waals surface area (Å²) in [5, 5.41) is 16.3. The van der Waals surface area contributed by atoms with Crippen LogP contribution >= 0.6 is 11.3 Å². The van der Waals surface area contributed by atoms with Gasteiger partial charge in [0.2, 0.25) is 0 Å². The van der Waals surface area contributed by atoms with Crippen LogP contribution in [0.15, 0.2) is 41.9 Å². The summed E-state index contributed by atoms with van der Waals surface area (Å²) >= 11 is 1.56. The van der Waals surface area contributed by atoms with E-state index in [1.165, 1.54) is 0 Å². The molecular weight excluding hydrogens is 286 g/mol. The molecule has 0 saturated heterocycles. The number of hydrogen-bond acceptors (Lipinski definition) is 5. The molecule has 1 atom stereocenters. The summed E-state index contributed by atoms with van der Waals surface area (Å²) in [7, 11) is 0. The Labute approximate surface area is 125 Å². The number of para-hydroxylation sites is 1. The van der Waals surface area contributed by atoms with Crippen molar-refractivity contribution in [2.75, 3.05) is 5.32 Å². The van der Waals surface area contributed by atoms with Gasteiger partial charge in [-0.05, 0) is 19.1 Å². The van der Waals surface area contributed by atoms with Crippen molar-refractivity contribution in [3.63, 3.8) is 0 Å². The van der Waals surface area contributed by atoms with Crippen molar-refractivity contribution in [1.82, 2.24) is 9.97 Å². The Kier molecular flexibility index (Phi) is 3.53. The fourth-order valence-electron chi connectivity index (χ4n) is 2.15. The third-order valence-corrected chi connectivity index (χ3v) is 4.09. The normalized spacial score (nSPS) is 12.2. The molecule has 0 aliphatic heterocycles. The number of carboxylic acid groups (broad SMARTS) is 1. The Morgan fingerprint density at radius 3 is 2.90 bits per heavy atom. The maximum absolute atomic E-state index is 11.2. The number of pyridine rings is 1. The maximum atomic E-state index is 11.2. The Morgan fingerprint density at radius 2 is 2.19 bits per heavy atom. The first-order valence-corrected chi connectivity index (χ1v) is 7.32. The Hall–Kier alpha value is -2.47. The molecule has 0 fully saturated rings. The first-order chi connectivity index (χ1) is 10.1. The third kappa shape index (κ3) is 2.71. The van der Waals surface area contributed by atoms with Crippen LogP contribution in [-0.4, -0.2) is 21.0 Å². The van der Waals surface area contributed by atoms with E-state index in [0.717, 1.165) is 16.1 Å².